The second-order valence-corrected chi connectivity index (χ2v) is 9.60. The number of hydrogen-bond acceptors (Lipinski definition) is 4. The Morgan fingerprint density at radius 2 is 1.92 bits per heavy atom. The van der Waals surface area contributed by atoms with Crippen LogP contribution in [0.15, 0.2) is 40.6 Å². The molecule has 24 heavy (non-hydrogen) atoms. The average molecular weight is 387 g/mol. The minimum atomic E-state index is -3.73. The summed E-state index contributed by atoms with van der Waals surface area (Å²) in [6, 6.07) is 10.4. The summed E-state index contributed by atoms with van der Waals surface area (Å²) in [5.41, 5.74) is 1.70. The minimum absolute atomic E-state index is 0.116. The van der Waals surface area contributed by atoms with Crippen LogP contribution >= 0.6 is 22.9 Å². The van der Waals surface area contributed by atoms with E-state index in [9.17, 15) is 13.2 Å². The first kappa shape index (κ1) is 18.9. The highest BCUT2D eigenvalue weighted by atomic mass is 35.5. The molecule has 0 spiro atoms. The van der Waals surface area contributed by atoms with Crippen molar-refractivity contribution in [1.29, 1.82) is 0 Å². The Labute approximate surface area is 151 Å². The van der Waals surface area contributed by atoms with Gasteiger partial charge in [-0.2, -0.15) is 4.31 Å². The lowest BCUT2D eigenvalue weighted by Crippen LogP contribution is -2.34. The zero-order valence-electron chi connectivity index (χ0n) is 13.6. The first-order valence-electron chi connectivity index (χ1n) is 7.32. The number of nitrogens with one attached hydrogen (secondary N) is 1. The highest BCUT2D eigenvalue weighted by Crippen LogP contribution is 2.28. The van der Waals surface area contributed by atoms with Crippen molar-refractivity contribution in [3.63, 3.8) is 0 Å². The first-order chi connectivity index (χ1) is 11.2. The van der Waals surface area contributed by atoms with Gasteiger partial charge in [-0.25, -0.2) is 8.42 Å². The van der Waals surface area contributed by atoms with Gasteiger partial charge in [-0.1, -0.05) is 43.6 Å². The molecule has 2 rings (SSSR count). The number of carbonyl (C=O) groups excluding carboxylic acids is 1. The topological polar surface area (TPSA) is 66.5 Å². The molecule has 0 aliphatic rings. The standard InChI is InChI=1S/C16H19ClN2O3S2/c1-11(2)12-6-4-5-7-13(12)18-15(20)10-19(3)24(21,22)16-9-8-14(17)23-16/h4-9,11H,10H2,1-3H3,(H,18,20). The molecule has 1 aromatic heterocycles. The van der Waals surface area contributed by atoms with Gasteiger partial charge in [0, 0.05) is 12.7 Å². The summed E-state index contributed by atoms with van der Waals surface area (Å²) >= 11 is 6.75. The third-order valence-corrected chi connectivity index (χ3v) is 6.94. The molecule has 0 radical (unpaired) electrons. The lowest BCUT2D eigenvalue weighted by atomic mass is 10.0. The number of nitrogens with zero attached hydrogens (tertiary/aromatic N) is 1. The Morgan fingerprint density at radius 1 is 1.25 bits per heavy atom. The van der Waals surface area contributed by atoms with Crippen LogP contribution in [0.1, 0.15) is 25.3 Å². The SMILES string of the molecule is CC(C)c1ccccc1NC(=O)CN(C)S(=O)(=O)c1ccc(Cl)s1. The van der Waals surface area contributed by atoms with Crippen molar-refractivity contribution in [1.82, 2.24) is 4.31 Å². The number of hydrogen-bond donors (Lipinski definition) is 1. The number of sulfonamides is 1. The van der Waals surface area contributed by atoms with Crippen molar-refractivity contribution in [3.8, 4) is 0 Å². The van der Waals surface area contributed by atoms with E-state index < -0.39 is 15.9 Å². The van der Waals surface area contributed by atoms with E-state index in [1.165, 1.54) is 19.2 Å². The number of carbonyl (C=O) groups is 1. The zero-order valence-corrected chi connectivity index (χ0v) is 16.0. The number of anilines is 1. The van der Waals surface area contributed by atoms with Crippen LogP contribution in [0.2, 0.25) is 4.34 Å². The molecule has 1 aromatic carbocycles. The lowest BCUT2D eigenvalue weighted by Gasteiger charge is -2.17. The van der Waals surface area contributed by atoms with Gasteiger partial charge in [0.05, 0.1) is 10.9 Å². The number of likely N-dealkylation sites (N-methyl/N-ethyl adjacent to an activating group) is 1. The molecule has 0 aliphatic carbocycles. The molecule has 0 saturated heterocycles. The van der Waals surface area contributed by atoms with Crippen molar-refractivity contribution in [3.05, 3.63) is 46.3 Å². The second kappa shape index (κ2) is 7.65. The Morgan fingerprint density at radius 3 is 2.50 bits per heavy atom. The molecule has 2 aromatic rings. The maximum Gasteiger partial charge on any atom is 0.252 e. The maximum atomic E-state index is 12.4. The van der Waals surface area contributed by atoms with Gasteiger partial charge in [0.15, 0.2) is 0 Å². The van der Waals surface area contributed by atoms with Gasteiger partial charge in [0.1, 0.15) is 4.21 Å². The van der Waals surface area contributed by atoms with Gasteiger partial charge >= 0.3 is 0 Å². The van der Waals surface area contributed by atoms with E-state index in [1.54, 1.807) is 6.07 Å². The van der Waals surface area contributed by atoms with Crippen molar-refractivity contribution in [2.45, 2.75) is 24.0 Å². The van der Waals surface area contributed by atoms with Gasteiger partial charge in [-0.3, -0.25) is 4.79 Å². The molecule has 0 saturated carbocycles. The van der Waals surface area contributed by atoms with Gasteiger partial charge in [0.25, 0.3) is 10.0 Å². The minimum Gasteiger partial charge on any atom is -0.325 e. The van der Waals surface area contributed by atoms with Crippen LogP contribution in [0.4, 0.5) is 5.69 Å². The van der Waals surface area contributed by atoms with Crippen molar-refractivity contribution in [2.75, 3.05) is 18.9 Å². The number of halogens is 1. The van der Waals surface area contributed by atoms with E-state index in [1.807, 2.05) is 32.0 Å². The van der Waals surface area contributed by atoms with E-state index in [2.05, 4.69) is 5.32 Å². The summed E-state index contributed by atoms with van der Waals surface area (Å²) in [7, 11) is -2.35. The monoisotopic (exact) mass is 386 g/mol. The molecule has 0 fully saturated rings. The fraction of sp³-hybridized carbons (Fsp3) is 0.312. The fourth-order valence-corrected chi connectivity index (χ4v) is 5.00. The molecule has 0 atom stereocenters. The van der Waals surface area contributed by atoms with Crippen LogP contribution in [-0.4, -0.2) is 32.2 Å². The first-order valence-corrected chi connectivity index (χ1v) is 9.95. The lowest BCUT2D eigenvalue weighted by molar-refractivity contribution is -0.116. The summed E-state index contributed by atoms with van der Waals surface area (Å²) in [4.78, 5) is 12.2. The van der Waals surface area contributed by atoms with Crippen LogP contribution in [0.25, 0.3) is 0 Å². The van der Waals surface area contributed by atoms with Gasteiger partial charge in [-0.15, -0.1) is 11.3 Å². The molecule has 8 heteroatoms. The molecule has 0 bridgehead atoms. The maximum absolute atomic E-state index is 12.4. The second-order valence-electron chi connectivity index (χ2n) is 5.61. The Bertz CT molecular complexity index is 831. The average Bonchev–Trinajstić information content (AvgIpc) is 2.94. The molecular weight excluding hydrogens is 368 g/mol. The molecule has 0 unspecified atom stereocenters. The molecule has 5 nitrogen and oxygen atoms in total. The Hall–Kier alpha value is -1.41. The van der Waals surface area contributed by atoms with Crippen molar-refractivity contribution < 1.29 is 13.2 Å². The van der Waals surface area contributed by atoms with Crippen molar-refractivity contribution >= 4 is 44.6 Å². The zero-order chi connectivity index (χ0) is 17.9. The van der Waals surface area contributed by atoms with E-state index in [-0.39, 0.29) is 16.7 Å². The van der Waals surface area contributed by atoms with E-state index in [0.29, 0.717) is 10.0 Å². The van der Waals surface area contributed by atoms with Crippen LogP contribution in [0, 0.1) is 0 Å². The molecule has 130 valence electrons. The van der Waals surface area contributed by atoms with E-state index in [4.69, 9.17) is 11.6 Å². The van der Waals surface area contributed by atoms with Crippen LogP contribution in [-0.2, 0) is 14.8 Å². The fourth-order valence-electron chi connectivity index (χ4n) is 2.18. The number of rotatable bonds is 6. The molecule has 0 aliphatic heterocycles. The Balaban J connectivity index is 2.10. The number of para-hydroxylation sites is 1. The largest absolute Gasteiger partial charge is 0.325 e. The van der Waals surface area contributed by atoms with Crippen LogP contribution < -0.4 is 5.32 Å². The number of benzene rings is 1. The smallest absolute Gasteiger partial charge is 0.252 e. The number of thiophene rings is 1. The van der Waals surface area contributed by atoms with Crippen LogP contribution in [0.3, 0.4) is 0 Å². The third kappa shape index (κ3) is 4.36. The summed E-state index contributed by atoms with van der Waals surface area (Å²) < 4.78 is 26.3. The van der Waals surface area contributed by atoms with Gasteiger partial charge in [-0.05, 0) is 29.7 Å². The third-order valence-electron chi connectivity index (χ3n) is 3.44. The molecule has 1 heterocycles. The summed E-state index contributed by atoms with van der Waals surface area (Å²) in [6.07, 6.45) is 0. The predicted octanol–water partition coefficient (Wildman–Crippen LogP) is 3.78. The molecule has 1 N–H and O–H groups in total. The quantitative estimate of drug-likeness (QED) is 0.821. The summed E-state index contributed by atoms with van der Waals surface area (Å²) in [5.74, 6) is -0.145. The molecule has 1 amide bonds. The highest BCUT2D eigenvalue weighted by molar-refractivity contribution is 7.91. The van der Waals surface area contributed by atoms with Crippen molar-refractivity contribution in [2.24, 2.45) is 0 Å². The van der Waals surface area contributed by atoms with Gasteiger partial charge < -0.3 is 5.32 Å². The van der Waals surface area contributed by atoms with Gasteiger partial charge in [0.2, 0.25) is 5.91 Å². The predicted molar refractivity (Wildman–Crippen MR) is 98.3 cm³/mol. The Kier molecular flexibility index (Phi) is 6.03. The summed E-state index contributed by atoms with van der Waals surface area (Å²) in [6.45, 7) is 3.79. The van der Waals surface area contributed by atoms with E-state index in [0.717, 1.165) is 21.2 Å². The normalized spacial score (nSPS) is 11.9. The highest BCUT2D eigenvalue weighted by Gasteiger charge is 2.25. The molecular formula is C16H19ClN2O3S2. The number of amides is 1. The van der Waals surface area contributed by atoms with Crippen LogP contribution in [0.5, 0.6) is 0 Å². The van der Waals surface area contributed by atoms with E-state index >= 15 is 0 Å². The summed E-state index contributed by atoms with van der Waals surface area (Å²) in [5, 5.41) is 2.78.